The predicted octanol–water partition coefficient (Wildman–Crippen LogP) is 8.13. The summed E-state index contributed by atoms with van der Waals surface area (Å²) >= 11 is 0. The van der Waals surface area contributed by atoms with Crippen LogP contribution in [0.1, 0.15) is 62.5 Å². The lowest BCUT2D eigenvalue weighted by Crippen LogP contribution is -2.13. The van der Waals surface area contributed by atoms with Gasteiger partial charge in [-0.3, -0.25) is 0 Å². The zero-order valence-electron chi connectivity index (χ0n) is 16.8. The van der Waals surface area contributed by atoms with Crippen LogP contribution in [-0.2, 0) is 0 Å². The van der Waals surface area contributed by atoms with Crippen LogP contribution in [0.2, 0.25) is 0 Å². The van der Waals surface area contributed by atoms with Gasteiger partial charge in [0.2, 0.25) is 0 Å². The first-order valence-corrected chi connectivity index (χ1v) is 10.2. The summed E-state index contributed by atoms with van der Waals surface area (Å²) in [6.07, 6.45) is 5.26. The molecule has 1 saturated carbocycles. The molecule has 0 saturated heterocycles. The molecule has 1 aliphatic carbocycles. The van der Waals surface area contributed by atoms with Crippen LogP contribution in [0.3, 0.4) is 0 Å². The third-order valence-electron chi connectivity index (χ3n) is 5.84. The fourth-order valence-corrected chi connectivity index (χ4v) is 4.39. The van der Waals surface area contributed by atoms with Gasteiger partial charge in [0.1, 0.15) is 0 Å². The van der Waals surface area contributed by atoms with Crippen LogP contribution in [0.15, 0.2) is 42.7 Å². The van der Waals surface area contributed by atoms with E-state index >= 15 is 0 Å². The molecule has 1 fully saturated rings. The molecular formula is C24H26F4O. The summed E-state index contributed by atoms with van der Waals surface area (Å²) in [5.41, 5.74) is 3.27. The first kappa shape index (κ1) is 21.4. The van der Waals surface area contributed by atoms with Crippen LogP contribution in [0.25, 0.3) is 11.1 Å². The normalized spacial score (nSPS) is 19.1. The maximum Gasteiger partial charge on any atom is 0.305 e. The summed E-state index contributed by atoms with van der Waals surface area (Å²) in [6.45, 7) is 4.15. The van der Waals surface area contributed by atoms with Gasteiger partial charge in [-0.25, -0.2) is 8.78 Å². The maximum absolute atomic E-state index is 14.2. The Labute approximate surface area is 169 Å². The average Bonchev–Trinajstić information content (AvgIpc) is 2.67. The van der Waals surface area contributed by atoms with E-state index in [0.29, 0.717) is 17.0 Å². The zero-order chi connectivity index (χ0) is 21.0. The molecule has 2 aromatic rings. The molecular weight excluding hydrogens is 380 g/mol. The topological polar surface area (TPSA) is 9.23 Å². The Hall–Kier alpha value is -2.30. The van der Waals surface area contributed by atoms with Crippen LogP contribution in [0.5, 0.6) is 5.75 Å². The van der Waals surface area contributed by atoms with E-state index in [9.17, 15) is 17.6 Å². The highest BCUT2D eigenvalue weighted by Crippen LogP contribution is 2.39. The van der Waals surface area contributed by atoms with E-state index in [1.807, 2.05) is 19.1 Å². The maximum atomic E-state index is 14.2. The number of hydrogen-bond acceptors (Lipinski definition) is 1. The summed E-state index contributed by atoms with van der Waals surface area (Å²) in [6, 6.07) is 8.25. The van der Waals surface area contributed by atoms with E-state index in [1.165, 1.54) is 44.1 Å². The van der Waals surface area contributed by atoms with E-state index in [0.717, 1.165) is 23.6 Å². The van der Waals surface area contributed by atoms with Gasteiger partial charge in [0.15, 0.2) is 23.6 Å². The molecule has 0 radical (unpaired) electrons. The van der Waals surface area contributed by atoms with Crippen molar-refractivity contribution in [1.82, 2.24) is 0 Å². The monoisotopic (exact) mass is 406 g/mol. The number of rotatable bonds is 6. The number of ether oxygens (including phenoxy) is 1. The Morgan fingerprint density at radius 1 is 1.03 bits per heavy atom. The average molecular weight is 406 g/mol. The summed E-state index contributed by atoms with van der Waals surface area (Å²) in [7, 11) is 0. The van der Waals surface area contributed by atoms with Gasteiger partial charge in [0.05, 0.1) is 0 Å². The molecule has 0 amide bonds. The van der Waals surface area contributed by atoms with Gasteiger partial charge >= 0.3 is 6.08 Å². The van der Waals surface area contributed by atoms with Gasteiger partial charge in [0.25, 0.3) is 0 Å². The van der Waals surface area contributed by atoms with Crippen LogP contribution in [0.4, 0.5) is 17.6 Å². The van der Waals surface area contributed by atoms with Gasteiger partial charge in [-0.05, 0) is 78.8 Å². The molecule has 0 unspecified atom stereocenters. The molecule has 3 rings (SSSR count). The van der Waals surface area contributed by atoms with Crippen molar-refractivity contribution in [3.8, 4) is 16.9 Å². The standard InChI is InChI=1S/C24H26F4O/c1-3-4-16-5-7-17(8-6-16)18-9-10-20(15(2)11-18)19-12-21(25)24(22(26)13-19)29-14-23(27)28/h9-14,16-17H,3-8H2,1-2H3. The van der Waals surface area contributed by atoms with E-state index in [1.54, 1.807) is 0 Å². The summed E-state index contributed by atoms with van der Waals surface area (Å²) in [4.78, 5) is 0. The van der Waals surface area contributed by atoms with Gasteiger partial charge < -0.3 is 4.74 Å². The molecule has 0 heterocycles. The molecule has 0 spiro atoms. The molecule has 29 heavy (non-hydrogen) atoms. The Morgan fingerprint density at radius 3 is 2.24 bits per heavy atom. The van der Waals surface area contributed by atoms with Crippen molar-refractivity contribution < 1.29 is 22.3 Å². The Morgan fingerprint density at radius 2 is 1.69 bits per heavy atom. The highest BCUT2D eigenvalue weighted by atomic mass is 19.3. The second-order valence-electron chi connectivity index (χ2n) is 7.88. The Balaban J connectivity index is 1.79. The third-order valence-corrected chi connectivity index (χ3v) is 5.84. The van der Waals surface area contributed by atoms with Crippen molar-refractivity contribution in [2.24, 2.45) is 5.92 Å². The zero-order valence-corrected chi connectivity index (χ0v) is 16.8. The lowest BCUT2D eigenvalue weighted by atomic mass is 9.77. The fourth-order valence-electron chi connectivity index (χ4n) is 4.39. The fraction of sp³-hybridized carbons (Fsp3) is 0.417. The molecule has 0 N–H and O–H groups in total. The lowest BCUT2D eigenvalue weighted by molar-refractivity contribution is 0.308. The summed E-state index contributed by atoms with van der Waals surface area (Å²) in [5, 5.41) is 0. The van der Waals surface area contributed by atoms with Gasteiger partial charge in [-0.1, -0.05) is 38.0 Å². The highest BCUT2D eigenvalue weighted by Gasteiger charge is 2.22. The Bertz CT molecular complexity index is 855. The van der Waals surface area contributed by atoms with Crippen molar-refractivity contribution in [3.63, 3.8) is 0 Å². The quantitative estimate of drug-likeness (QED) is 0.347. The predicted molar refractivity (Wildman–Crippen MR) is 107 cm³/mol. The van der Waals surface area contributed by atoms with E-state index < -0.39 is 23.5 Å². The second kappa shape index (κ2) is 9.47. The van der Waals surface area contributed by atoms with Crippen LogP contribution < -0.4 is 4.74 Å². The first-order chi connectivity index (χ1) is 13.9. The van der Waals surface area contributed by atoms with E-state index in [4.69, 9.17) is 0 Å². The number of halogens is 4. The molecule has 156 valence electrons. The summed E-state index contributed by atoms with van der Waals surface area (Å²) < 4.78 is 57.1. The first-order valence-electron chi connectivity index (χ1n) is 10.2. The molecule has 0 atom stereocenters. The van der Waals surface area contributed by atoms with Crippen molar-refractivity contribution in [1.29, 1.82) is 0 Å². The largest absolute Gasteiger partial charge is 0.453 e. The van der Waals surface area contributed by atoms with Crippen LogP contribution in [0, 0.1) is 24.5 Å². The van der Waals surface area contributed by atoms with Crippen LogP contribution >= 0.6 is 0 Å². The minimum absolute atomic E-state index is 0.0243. The van der Waals surface area contributed by atoms with Crippen molar-refractivity contribution >= 4 is 0 Å². The van der Waals surface area contributed by atoms with Gasteiger partial charge in [-0.2, -0.15) is 8.78 Å². The Kier molecular flexibility index (Phi) is 6.99. The second-order valence-corrected chi connectivity index (χ2v) is 7.88. The SMILES string of the molecule is CCCC1CCC(c2ccc(-c3cc(F)c(OC=C(F)F)c(F)c3)c(C)c2)CC1. The number of hydrogen-bond donors (Lipinski definition) is 0. The van der Waals surface area contributed by atoms with Crippen molar-refractivity contribution in [2.45, 2.75) is 58.3 Å². The molecule has 2 aromatic carbocycles. The molecule has 1 aliphatic rings. The molecule has 1 nitrogen and oxygen atoms in total. The minimum Gasteiger partial charge on any atom is -0.453 e. The third kappa shape index (κ3) is 5.20. The molecule has 0 aliphatic heterocycles. The van der Waals surface area contributed by atoms with Gasteiger partial charge in [0, 0.05) is 0 Å². The number of aryl methyl sites for hydroxylation is 1. The molecule has 5 heteroatoms. The summed E-state index contributed by atoms with van der Waals surface area (Å²) in [5.74, 6) is -1.50. The smallest absolute Gasteiger partial charge is 0.305 e. The van der Waals surface area contributed by atoms with Crippen molar-refractivity contribution in [3.05, 3.63) is 65.4 Å². The van der Waals surface area contributed by atoms with E-state index in [2.05, 4.69) is 17.7 Å². The van der Waals surface area contributed by atoms with Gasteiger partial charge in [-0.15, -0.1) is 0 Å². The lowest BCUT2D eigenvalue weighted by Gasteiger charge is -2.29. The minimum atomic E-state index is -2.16. The van der Waals surface area contributed by atoms with Crippen molar-refractivity contribution in [2.75, 3.05) is 0 Å². The number of benzene rings is 2. The molecule has 0 bridgehead atoms. The molecule has 0 aromatic heterocycles. The highest BCUT2D eigenvalue weighted by molar-refractivity contribution is 5.68. The van der Waals surface area contributed by atoms with E-state index in [-0.39, 0.29) is 6.26 Å². The van der Waals surface area contributed by atoms with Crippen LogP contribution in [-0.4, -0.2) is 0 Å².